The Morgan fingerprint density at radius 1 is 1.42 bits per heavy atom. The normalized spacial score (nSPS) is 15.5. The zero-order valence-electron chi connectivity index (χ0n) is 11.2. The van der Waals surface area contributed by atoms with Crippen molar-refractivity contribution in [3.05, 3.63) is 29.6 Å². The summed E-state index contributed by atoms with van der Waals surface area (Å²) < 4.78 is 3.51. The van der Waals surface area contributed by atoms with Crippen LogP contribution in [0.2, 0.25) is 5.15 Å². The second-order valence-electron chi connectivity index (χ2n) is 4.31. The largest absolute Gasteiger partial charge is 0.400 e. The molecule has 2 N–H and O–H groups in total. The number of halogens is 1. The van der Waals surface area contributed by atoms with Crippen LogP contribution in [-0.4, -0.2) is 23.2 Å². The molecule has 0 unspecified atom stereocenters. The Balaban J connectivity index is 0.000000861. The first-order valence-electron chi connectivity index (χ1n) is 6.44. The molecule has 0 atom stereocenters. The molecule has 0 bridgehead atoms. The number of aromatic nitrogens is 1. The van der Waals surface area contributed by atoms with E-state index in [1.54, 1.807) is 24.2 Å². The van der Waals surface area contributed by atoms with Crippen LogP contribution in [0.4, 0.5) is 0 Å². The van der Waals surface area contributed by atoms with Crippen molar-refractivity contribution in [2.75, 3.05) is 7.11 Å². The maximum absolute atomic E-state index is 7.00. The fourth-order valence-corrected chi connectivity index (χ4v) is 3.03. The molecule has 0 aliphatic heterocycles. The van der Waals surface area contributed by atoms with E-state index in [4.69, 9.17) is 16.7 Å². The topological polar surface area (TPSA) is 45.2 Å². The van der Waals surface area contributed by atoms with Gasteiger partial charge in [0.1, 0.15) is 5.15 Å². The molecule has 19 heavy (non-hydrogen) atoms. The summed E-state index contributed by atoms with van der Waals surface area (Å²) in [5.74, 6) is 0. The smallest absolute Gasteiger partial charge is 0.136 e. The summed E-state index contributed by atoms with van der Waals surface area (Å²) in [6.45, 7) is 3.73. The molecule has 1 heterocycles. The standard InChI is InChI=1S/C13H17ClN2S.CH4O/c1-2-10-8-12(9-15-13(10)14)17-16-11-6-4-3-5-7-11;1-2/h2,8-9,11,16H,1,3-7H2;2H,1H3. The van der Waals surface area contributed by atoms with E-state index in [2.05, 4.69) is 16.3 Å². The molecule has 0 radical (unpaired) electrons. The molecule has 1 aromatic heterocycles. The van der Waals surface area contributed by atoms with Gasteiger partial charge in [0.2, 0.25) is 0 Å². The maximum Gasteiger partial charge on any atom is 0.136 e. The van der Waals surface area contributed by atoms with Crippen LogP contribution in [0.5, 0.6) is 0 Å². The van der Waals surface area contributed by atoms with Crippen LogP contribution in [0, 0.1) is 0 Å². The Labute approximate surface area is 124 Å². The number of nitrogens with zero attached hydrogens (tertiary/aromatic N) is 1. The fraction of sp³-hybridized carbons (Fsp3) is 0.500. The molecule has 2 rings (SSSR count). The Kier molecular flexibility index (Phi) is 8.14. The second kappa shape index (κ2) is 9.37. The zero-order chi connectivity index (χ0) is 14.1. The van der Waals surface area contributed by atoms with Crippen LogP contribution in [0.15, 0.2) is 23.7 Å². The number of aliphatic hydroxyl groups is 1. The van der Waals surface area contributed by atoms with E-state index < -0.39 is 0 Å². The molecule has 0 saturated heterocycles. The molecule has 1 saturated carbocycles. The van der Waals surface area contributed by atoms with E-state index in [0.717, 1.165) is 17.6 Å². The van der Waals surface area contributed by atoms with Crippen molar-refractivity contribution in [2.24, 2.45) is 0 Å². The lowest BCUT2D eigenvalue weighted by molar-refractivity contribution is 0.399. The molecular formula is C14H21ClN2OS. The van der Waals surface area contributed by atoms with Crippen molar-refractivity contribution >= 4 is 29.6 Å². The molecule has 1 aliphatic carbocycles. The molecule has 1 aromatic rings. The average molecular weight is 301 g/mol. The number of nitrogens with one attached hydrogen (secondary N) is 1. The fourth-order valence-electron chi connectivity index (χ4n) is 2.02. The average Bonchev–Trinajstić information content (AvgIpc) is 2.49. The SMILES string of the molecule is C=Cc1cc(SNC2CCCCC2)cnc1Cl.CO. The first-order chi connectivity index (χ1) is 9.29. The van der Waals surface area contributed by atoms with Crippen LogP contribution in [-0.2, 0) is 0 Å². The first-order valence-corrected chi connectivity index (χ1v) is 7.64. The van der Waals surface area contributed by atoms with Crippen LogP contribution in [0.3, 0.4) is 0 Å². The number of aliphatic hydroxyl groups excluding tert-OH is 1. The van der Waals surface area contributed by atoms with Gasteiger partial charge in [-0.15, -0.1) is 0 Å². The third-order valence-electron chi connectivity index (χ3n) is 3.01. The Morgan fingerprint density at radius 2 is 2.11 bits per heavy atom. The minimum absolute atomic E-state index is 0.516. The molecule has 0 aromatic carbocycles. The Morgan fingerprint density at radius 3 is 2.74 bits per heavy atom. The molecule has 5 heteroatoms. The Hall–Kier alpha value is -0.550. The van der Waals surface area contributed by atoms with Gasteiger partial charge in [-0.1, -0.05) is 43.5 Å². The third-order valence-corrected chi connectivity index (χ3v) is 4.24. The van der Waals surface area contributed by atoms with E-state index in [0.29, 0.717) is 11.2 Å². The third kappa shape index (κ3) is 5.53. The minimum Gasteiger partial charge on any atom is -0.400 e. The molecule has 0 amide bonds. The van der Waals surface area contributed by atoms with Gasteiger partial charge in [0, 0.05) is 29.8 Å². The highest BCUT2D eigenvalue weighted by atomic mass is 35.5. The van der Waals surface area contributed by atoms with Crippen molar-refractivity contribution in [3.63, 3.8) is 0 Å². The zero-order valence-corrected chi connectivity index (χ0v) is 12.8. The van der Waals surface area contributed by atoms with Gasteiger partial charge >= 0.3 is 0 Å². The van der Waals surface area contributed by atoms with Crippen LogP contribution >= 0.6 is 23.5 Å². The number of pyridine rings is 1. The van der Waals surface area contributed by atoms with Gasteiger partial charge in [-0.25, -0.2) is 4.98 Å². The summed E-state index contributed by atoms with van der Waals surface area (Å²) in [6.07, 6.45) is 10.2. The van der Waals surface area contributed by atoms with Gasteiger partial charge in [-0.05, 0) is 30.9 Å². The summed E-state index contributed by atoms with van der Waals surface area (Å²) in [5.41, 5.74) is 0.891. The summed E-state index contributed by atoms with van der Waals surface area (Å²) in [5, 5.41) is 7.52. The van der Waals surface area contributed by atoms with Crippen molar-refractivity contribution in [1.29, 1.82) is 0 Å². The quantitative estimate of drug-likeness (QED) is 0.653. The summed E-state index contributed by atoms with van der Waals surface area (Å²) >= 11 is 7.58. The monoisotopic (exact) mass is 300 g/mol. The van der Waals surface area contributed by atoms with E-state index in [1.165, 1.54) is 32.1 Å². The highest BCUT2D eigenvalue weighted by Crippen LogP contribution is 2.24. The van der Waals surface area contributed by atoms with Crippen molar-refractivity contribution in [2.45, 2.75) is 43.0 Å². The summed E-state index contributed by atoms with van der Waals surface area (Å²) in [6, 6.07) is 2.65. The molecule has 0 spiro atoms. The van der Waals surface area contributed by atoms with Gasteiger partial charge in [-0.3, -0.25) is 4.72 Å². The minimum atomic E-state index is 0.516. The predicted octanol–water partition coefficient (Wildman–Crippen LogP) is 3.92. The van der Waals surface area contributed by atoms with Gasteiger partial charge in [0.05, 0.1) is 0 Å². The van der Waals surface area contributed by atoms with Crippen molar-refractivity contribution in [3.8, 4) is 0 Å². The molecule has 1 aliphatic rings. The lowest BCUT2D eigenvalue weighted by atomic mass is 9.96. The van der Waals surface area contributed by atoms with Gasteiger partial charge in [0.25, 0.3) is 0 Å². The lowest BCUT2D eigenvalue weighted by Crippen LogP contribution is -2.25. The van der Waals surface area contributed by atoms with Crippen LogP contribution in [0.25, 0.3) is 6.08 Å². The van der Waals surface area contributed by atoms with E-state index in [9.17, 15) is 0 Å². The number of rotatable bonds is 4. The van der Waals surface area contributed by atoms with Gasteiger partial charge in [-0.2, -0.15) is 0 Å². The van der Waals surface area contributed by atoms with Gasteiger partial charge in [0.15, 0.2) is 0 Å². The number of hydrogen-bond acceptors (Lipinski definition) is 4. The molecular weight excluding hydrogens is 280 g/mol. The van der Waals surface area contributed by atoms with E-state index >= 15 is 0 Å². The molecule has 1 fully saturated rings. The van der Waals surface area contributed by atoms with Crippen LogP contribution in [0.1, 0.15) is 37.7 Å². The van der Waals surface area contributed by atoms with Crippen molar-refractivity contribution < 1.29 is 5.11 Å². The predicted molar refractivity (Wildman–Crippen MR) is 83.3 cm³/mol. The number of hydrogen-bond donors (Lipinski definition) is 2. The van der Waals surface area contributed by atoms with Crippen molar-refractivity contribution in [1.82, 2.24) is 9.71 Å². The van der Waals surface area contributed by atoms with Gasteiger partial charge < -0.3 is 5.11 Å². The second-order valence-corrected chi connectivity index (χ2v) is 5.58. The molecule has 3 nitrogen and oxygen atoms in total. The lowest BCUT2D eigenvalue weighted by Gasteiger charge is -2.22. The first kappa shape index (κ1) is 16.5. The Bertz CT molecular complexity index is 395. The summed E-state index contributed by atoms with van der Waals surface area (Å²) in [7, 11) is 1.00. The maximum atomic E-state index is 7.00. The van der Waals surface area contributed by atoms with E-state index in [-0.39, 0.29) is 0 Å². The molecule has 106 valence electrons. The highest BCUT2D eigenvalue weighted by molar-refractivity contribution is 7.97. The van der Waals surface area contributed by atoms with Crippen LogP contribution < -0.4 is 4.72 Å². The highest BCUT2D eigenvalue weighted by Gasteiger charge is 2.13. The van der Waals surface area contributed by atoms with E-state index in [1.807, 2.05) is 6.07 Å². The summed E-state index contributed by atoms with van der Waals surface area (Å²) in [4.78, 5) is 5.24.